The van der Waals surface area contributed by atoms with Crippen LogP contribution < -0.4 is 5.32 Å². The summed E-state index contributed by atoms with van der Waals surface area (Å²) in [5.74, 6) is 0. The second-order valence-corrected chi connectivity index (χ2v) is 5.91. The molecule has 20 heavy (non-hydrogen) atoms. The summed E-state index contributed by atoms with van der Waals surface area (Å²) < 4.78 is 2.94. The third-order valence-corrected chi connectivity index (χ3v) is 4.08. The Hall–Kier alpha value is -1.17. The van der Waals surface area contributed by atoms with Crippen molar-refractivity contribution < 1.29 is 5.11 Å². The molecule has 0 fully saturated rings. The van der Waals surface area contributed by atoms with Crippen LogP contribution in [0, 0.1) is 0 Å². The smallest absolute Gasteiger partial charge is 0.0914 e. The minimum absolute atomic E-state index is 0.222. The van der Waals surface area contributed by atoms with Gasteiger partial charge in [0.05, 0.1) is 12.1 Å². The Bertz CT molecular complexity index is 512. The number of halogens is 1. The van der Waals surface area contributed by atoms with Gasteiger partial charge in [-0.2, -0.15) is 5.10 Å². The number of aromatic nitrogens is 2. The molecule has 4 nitrogen and oxygen atoms in total. The molecule has 3 unspecified atom stereocenters. The van der Waals surface area contributed by atoms with E-state index in [4.69, 9.17) is 0 Å². The Morgan fingerprint density at radius 1 is 1.30 bits per heavy atom. The predicted molar refractivity (Wildman–Crippen MR) is 83.5 cm³/mol. The van der Waals surface area contributed by atoms with E-state index in [0.29, 0.717) is 6.54 Å². The largest absolute Gasteiger partial charge is 0.387 e. The molecule has 0 radical (unpaired) electrons. The van der Waals surface area contributed by atoms with E-state index in [9.17, 15) is 5.11 Å². The molecular weight excluding hydrogens is 318 g/mol. The number of hydrogen-bond acceptors (Lipinski definition) is 3. The van der Waals surface area contributed by atoms with Crippen molar-refractivity contribution in [2.75, 3.05) is 6.54 Å². The third kappa shape index (κ3) is 3.91. The van der Waals surface area contributed by atoms with Gasteiger partial charge in [-0.25, -0.2) is 0 Å². The molecule has 0 amide bonds. The third-order valence-electron chi connectivity index (χ3n) is 3.55. The quantitative estimate of drug-likeness (QED) is 0.852. The molecule has 0 aliphatic carbocycles. The Kier molecular flexibility index (Phi) is 5.34. The minimum Gasteiger partial charge on any atom is -0.387 e. The normalized spacial score (nSPS) is 15.8. The van der Waals surface area contributed by atoms with Gasteiger partial charge in [0.25, 0.3) is 0 Å². The van der Waals surface area contributed by atoms with Crippen LogP contribution in [0.25, 0.3) is 0 Å². The van der Waals surface area contributed by atoms with Gasteiger partial charge in [-0.05, 0) is 37.6 Å². The summed E-state index contributed by atoms with van der Waals surface area (Å²) in [6, 6.07) is 10.1. The molecule has 0 spiro atoms. The van der Waals surface area contributed by atoms with E-state index in [2.05, 4.69) is 40.2 Å². The molecule has 5 heteroatoms. The molecule has 1 aromatic heterocycles. The van der Waals surface area contributed by atoms with Gasteiger partial charge in [-0.1, -0.05) is 28.1 Å². The van der Waals surface area contributed by atoms with Gasteiger partial charge in [-0.15, -0.1) is 0 Å². The fourth-order valence-corrected chi connectivity index (χ4v) is 2.29. The van der Waals surface area contributed by atoms with E-state index < -0.39 is 6.10 Å². The van der Waals surface area contributed by atoms with E-state index >= 15 is 0 Å². The van der Waals surface area contributed by atoms with Crippen molar-refractivity contribution in [3.8, 4) is 0 Å². The highest BCUT2D eigenvalue weighted by atomic mass is 79.9. The van der Waals surface area contributed by atoms with Crippen LogP contribution in [0.1, 0.15) is 31.6 Å². The molecule has 0 aliphatic rings. The molecule has 1 heterocycles. The number of aliphatic hydroxyl groups is 1. The van der Waals surface area contributed by atoms with Crippen LogP contribution >= 0.6 is 15.9 Å². The summed E-state index contributed by atoms with van der Waals surface area (Å²) in [4.78, 5) is 0. The number of rotatable bonds is 6. The van der Waals surface area contributed by atoms with Crippen LogP contribution in [0.4, 0.5) is 0 Å². The highest BCUT2D eigenvalue weighted by Crippen LogP contribution is 2.17. The second-order valence-electron chi connectivity index (χ2n) is 4.99. The molecule has 2 N–H and O–H groups in total. The van der Waals surface area contributed by atoms with Crippen molar-refractivity contribution in [2.24, 2.45) is 0 Å². The lowest BCUT2D eigenvalue weighted by Gasteiger charge is -2.23. The molecule has 0 aliphatic heterocycles. The van der Waals surface area contributed by atoms with Crippen molar-refractivity contribution in [3.63, 3.8) is 0 Å². The second kappa shape index (κ2) is 7.02. The standard InChI is InChI=1S/C15H20BrN3O/c1-11(12(2)19-9-3-8-18-19)17-10-15(20)13-4-6-14(16)7-5-13/h3-9,11-12,15,17,20H,10H2,1-2H3. The van der Waals surface area contributed by atoms with E-state index in [-0.39, 0.29) is 12.1 Å². The number of aliphatic hydroxyl groups excluding tert-OH is 1. The van der Waals surface area contributed by atoms with Gasteiger partial charge in [0, 0.05) is 29.5 Å². The van der Waals surface area contributed by atoms with E-state index in [0.717, 1.165) is 10.0 Å². The van der Waals surface area contributed by atoms with Gasteiger partial charge in [0.15, 0.2) is 0 Å². The van der Waals surface area contributed by atoms with Crippen LogP contribution in [-0.4, -0.2) is 27.5 Å². The number of benzene rings is 1. The average molecular weight is 338 g/mol. The number of nitrogens with zero attached hydrogens (tertiary/aromatic N) is 2. The Morgan fingerprint density at radius 3 is 2.60 bits per heavy atom. The van der Waals surface area contributed by atoms with Gasteiger partial charge in [0.2, 0.25) is 0 Å². The van der Waals surface area contributed by atoms with Gasteiger partial charge >= 0.3 is 0 Å². The van der Waals surface area contributed by atoms with Gasteiger partial charge in [0.1, 0.15) is 0 Å². The topological polar surface area (TPSA) is 50.1 Å². The number of nitrogens with one attached hydrogen (secondary N) is 1. The summed E-state index contributed by atoms with van der Waals surface area (Å²) >= 11 is 3.39. The molecule has 2 aromatic rings. The maximum absolute atomic E-state index is 10.2. The molecule has 2 rings (SSSR count). The van der Waals surface area contributed by atoms with Crippen molar-refractivity contribution in [1.29, 1.82) is 0 Å². The van der Waals surface area contributed by atoms with E-state index in [1.807, 2.05) is 41.2 Å². The van der Waals surface area contributed by atoms with Crippen LogP contribution in [0.3, 0.4) is 0 Å². The molecule has 1 aromatic carbocycles. The van der Waals surface area contributed by atoms with Crippen molar-refractivity contribution >= 4 is 15.9 Å². The first-order valence-electron chi connectivity index (χ1n) is 6.74. The first-order chi connectivity index (χ1) is 9.58. The highest BCUT2D eigenvalue weighted by Gasteiger charge is 2.15. The number of hydrogen-bond donors (Lipinski definition) is 2. The lowest BCUT2D eigenvalue weighted by atomic mass is 10.1. The van der Waals surface area contributed by atoms with E-state index in [1.165, 1.54) is 0 Å². The van der Waals surface area contributed by atoms with E-state index in [1.54, 1.807) is 6.20 Å². The Balaban J connectivity index is 1.86. The monoisotopic (exact) mass is 337 g/mol. The summed E-state index contributed by atoms with van der Waals surface area (Å²) in [6.07, 6.45) is 3.23. The molecular formula is C15H20BrN3O. The lowest BCUT2D eigenvalue weighted by Crippen LogP contribution is -2.36. The summed E-state index contributed by atoms with van der Waals surface area (Å²) in [7, 11) is 0. The molecule has 0 bridgehead atoms. The zero-order valence-corrected chi connectivity index (χ0v) is 13.3. The van der Waals surface area contributed by atoms with Crippen LogP contribution in [0.2, 0.25) is 0 Å². The van der Waals surface area contributed by atoms with Crippen molar-refractivity contribution in [1.82, 2.24) is 15.1 Å². The zero-order valence-electron chi connectivity index (χ0n) is 11.7. The molecule has 108 valence electrons. The summed E-state index contributed by atoms with van der Waals surface area (Å²) in [5, 5.41) is 17.8. The first kappa shape index (κ1) is 15.2. The van der Waals surface area contributed by atoms with Crippen LogP contribution in [0.15, 0.2) is 47.2 Å². The lowest BCUT2D eigenvalue weighted by molar-refractivity contribution is 0.166. The zero-order chi connectivity index (χ0) is 14.5. The van der Waals surface area contributed by atoms with Gasteiger partial charge < -0.3 is 10.4 Å². The SMILES string of the molecule is CC(NCC(O)c1ccc(Br)cc1)C(C)n1cccn1. The fraction of sp³-hybridized carbons (Fsp3) is 0.400. The maximum atomic E-state index is 10.2. The Morgan fingerprint density at radius 2 is 2.00 bits per heavy atom. The van der Waals surface area contributed by atoms with Crippen LogP contribution in [-0.2, 0) is 0 Å². The average Bonchev–Trinajstić information content (AvgIpc) is 2.98. The van der Waals surface area contributed by atoms with Crippen LogP contribution in [0.5, 0.6) is 0 Å². The summed E-state index contributed by atoms with van der Waals surface area (Å²) in [6.45, 7) is 4.73. The molecule has 0 saturated heterocycles. The summed E-state index contributed by atoms with van der Waals surface area (Å²) in [5.41, 5.74) is 0.916. The Labute approximate surface area is 127 Å². The van der Waals surface area contributed by atoms with Crippen molar-refractivity contribution in [3.05, 3.63) is 52.8 Å². The highest BCUT2D eigenvalue weighted by molar-refractivity contribution is 9.10. The predicted octanol–water partition coefficient (Wildman–Crippen LogP) is 2.92. The maximum Gasteiger partial charge on any atom is 0.0914 e. The fourth-order valence-electron chi connectivity index (χ4n) is 2.02. The van der Waals surface area contributed by atoms with Crippen molar-refractivity contribution in [2.45, 2.75) is 32.0 Å². The molecule has 3 atom stereocenters. The van der Waals surface area contributed by atoms with Gasteiger partial charge in [-0.3, -0.25) is 4.68 Å². The minimum atomic E-state index is -0.504. The first-order valence-corrected chi connectivity index (χ1v) is 7.53. The molecule has 0 saturated carbocycles.